The Morgan fingerprint density at radius 2 is 2.50 bits per heavy atom. The Bertz CT molecular complexity index is 252. The van der Waals surface area contributed by atoms with Gasteiger partial charge in [0.05, 0.1) is 6.04 Å². The number of aryl methyl sites for hydroxylation is 1. The number of thiophene rings is 1. The number of nitrogens with one attached hydrogen (secondary N) is 1. The van der Waals surface area contributed by atoms with E-state index >= 15 is 0 Å². The predicted octanol–water partition coefficient (Wildman–Crippen LogP) is 2.76. The summed E-state index contributed by atoms with van der Waals surface area (Å²) in [4.78, 5) is 1.40. The maximum Gasteiger partial charge on any atom is 0.0598 e. The average Bonchev–Trinajstić information content (AvgIpc) is 2.55. The Kier molecular flexibility index (Phi) is 3.50. The van der Waals surface area contributed by atoms with Gasteiger partial charge >= 0.3 is 0 Å². The first-order valence-corrected chi connectivity index (χ1v) is 5.07. The van der Waals surface area contributed by atoms with Gasteiger partial charge in [-0.2, -0.15) is 0 Å². The summed E-state index contributed by atoms with van der Waals surface area (Å²) in [7, 11) is 1.96. The first-order chi connectivity index (χ1) is 5.83. The first-order valence-electron chi connectivity index (χ1n) is 4.19. The Labute approximate surface area is 78.1 Å². The smallest absolute Gasteiger partial charge is 0.0598 e. The van der Waals surface area contributed by atoms with Gasteiger partial charge in [0.15, 0.2) is 0 Å². The Hall–Kier alpha value is -0.600. The van der Waals surface area contributed by atoms with Crippen LogP contribution in [0.3, 0.4) is 0 Å². The monoisotopic (exact) mass is 181 g/mol. The van der Waals surface area contributed by atoms with Gasteiger partial charge in [0.25, 0.3) is 0 Å². The van der Waals surface area contributed by atoms with Crippen LogP contribution in [0.4, 0.5) is 0 Å². The summed E-state index contributed by atoms with van der Waals surface area (Å²) >= 11 is 1.80. The molecule has 1 N–H and O–H groups in total. The molecule has 0 amide bonds. The highest BCUT2D eigenvalue weighted by atomic mass is 32.1. The Morgan fingerprint density at radius 1 is 1.75 bits per heavy atom. The van der Waals surface area contributed by atoms with Crippen LogP contribution < -0.4 is 5.32 Å². The molecule has 1 nitrogen and oxygen atoms in total. The standard InChI is InChI=1S/C10H15NS/c1-4-8-6-7-12-10(8)9(5-2)11-3/h5-7,9,11H,2,4H2,1,3H3. The van der Waals surface area contributed by atoms with E-state index in [9.17, 15) is 0 Å². The van der Waals surface area contributed by atoms with E-state index in [0.717, 1.165) is 6.42 Å². The maximum atomic E-state index is 3.81. The van der Waals surface area contributed by atoms with E-state index < -0.39 is 0 Å². The zero-order valence-electron chi connectivity index (χ0n) is 7.63. The van der Waals surface area contributed by atoms with Crippen molar-refractivity contribution in [1.82, 2.24) is 5.32 Å². The minimum atomic E-state index is 0.319. The SMILES string of the molecule is C=CC(NC)c1sccc1CC. The second-order valence-corrected chi connectivity index (χ2v) is 3.61. The number of likely N-dealkylation sites (N-methyl/N-ethyl adjacent to an activating group) is 1. The summed E-state index contributed by atoms with van der Waals surface area (Å²) in [5, 5.41) is 5.36. The third-order valence-electron chi connectivity index (χ3n) is 1.99. The molecule has 1 unspecified atom stereocenters. The van der Waals surface area contributed by atoms with Crippen LogP contribution in [0.25, 0.3) is 0 Å². The topological polar surface area (TPSA) is 12.0 Å². The van der Waals surface area contributed by atoms with Gasteiger partial charge in [-0.05, 0) is 30.5 Å². The van der Waals surface area contributed by atoms with Gasteiger partial charge in [-0.3, -0.25) is 0 Å². The van der Waals surface area contributed by atoms with Crippen molar-refractivity contribution in [3.63, 3.8) is 0 Å². The molecular weight excluding hydrogens is 166 g/mol. The fraction of sp³-hybridized carbons (Fsp3) is 0.400. The van der Waals surface area contributed by atoms with Crippen molar-refractivity contribution in [2.24, 2.45) is 0 Å². The molecule has 0 aliphatic carbocycles. The summed E-state index contributed by atoms with van der Waals surface area (Å²) in [5.41, 5.74) is 1.43. The third kappa shape index (κ3) is 1.76. The van der Waals surface area contributed by atoms with Gasteiger partial charge in [0.2, 0.25) is 0 Å². The van der Waals surface area contributed by atoms with E-state index in [4.69, 9.17) is 0 Å². The van der Waals surface area contributed by atoms with Crippen molar-refractivity contribution >= 4 is 11.3 Å². The van der Waals surface area contributed by atoms with Gasteiger partial charge < -0.3 is 5.32 Å². The summed E-state index contributed by atoms with van der Waals surface area (Å²) in [5.74, 6) is 0. The molecule has 1 atom stereocenters. The second kappa shape index (κ2) is 4.43. The molecule has 0 bridgehead atoms. The lowest BCUT2D eigenvalue weighted by Gasteiger charge is -2.10. The van der Waals surface area contributed by atoms with Crippen molar-refractivity contribution in [2.75, 3.05) is 7.05 Å². The van der Waals surface area contributed by atoms with Crippen LogP contribution in [0.15, 0.2) is 24.1 Å². The molecule has 66 valence electrons. The number of rotatable bonds is 4. The lowest BCUT2D eigenvalue weighted by atomic mass is 10.1. The van der Waals surface area contributed by atoms with Crippen LogP contribution in [0.1, 0.15) is 23.4 Å². The highest BCUT2D eigenvalue weighted by Crippen LogP contribution is 2.25. The van der Waals surface area contributed by atoms with Crippen molar-refractivity contribution in [3.8, 4) is 0 Å². The van der Waals surface area contributed by atoms with Crippen molar-refractivity contribution in [1.29, 1.82) is 0 Å². The molecule has 1 aromatic rings. The summed E-state index contributed by atoms with van der Waals surface area (Å²) < 4.78 is 0. The fourth-order valence-electron chi connectivity index (χ4n) is 1.27. The summed E-state index contributed by atoms with van der Waals surface area (Å²) in [6.07, 6.45) is 3.05. The van der Waals surface area contributed by atoms with Crippen LogP contribution in [-0.2, 0) is 6.42 Å². The fourth-order valence-corrected chi connectivity index (χ4v) is 2.37. The van der Waals surface area contributed by atoms with Crippen LogP contribution in [-0.4, -0.2) is 7.05 Å². The van der Waals surface area contributed by atoms with E-state index in [1.165, 1.54) is 10.4 Å². The van der Waals surface area contributed by atoms with Crippen LogP contribution in [0.5, 0.6) is 0 Å². The van der Waals surface area contributed by atoms with E-state index in [1.54, 1.807) is 11.3 Å². The number of hydrogen-bond acceptors (Lipinski definition) is 2. The number of hydrogen-bond donors (Lipinski definition) is 1. The van der Waals surface area contributed by atoms with E-state index in [0.29, 0.717) is 6.04 Å². The minimum absolute atomic E-state index is 0.319. The van der Waals surface area contributed by atoms with E-state index in [1.807, 2.05) is 13.1 Å². The van der Waals surface area contributed by atoms with Crippen molar-refractivity contribution in [2.45, 2.75) is 19.4 Å². The Morgan fingerprint density at radius 3 is 3.00 bits per heavy atom. The third-order valence-corrected chi connectivity index (χ3v) is 3.03. The molecular formula is C10H15NS. The molecule has 0 aliphatic heterocycles. The van der Waals surface area contributed by atoms with Crippen molar-refractivity contribution < 1.29 is 0 Å². The highest BCUT2D eigenvalue weighted by Gasteiger charge is 2.09. The minimum Gasteiger partial charge on any atom is -0.309 e. The van der Waals surface area contributed by atoms with E-state index in [2.05, 4.69) is 30.3 Å². The molecule has 0 saturated carbocycles. The zero-order chi connectivity index (χ0) is 8.97. The van der Waals surface area contributed by atoms with Crippen LogP contribution in [0, 0.1) is 0 Å². The molecule has 0 radical (unpaired) electrons. The molecule has 1 rings (SSSR count). The maximum absolute atomic E-state index is 3.81. The molecule has 0 spiro atoms. The second-order valence-electron chi connectivity index (χ2n) is 2.67. The van der Waals surface area contributed by atoms with E-state index in [-0.39, 0.29) is 0 Å². The van der Waals surface area contributed by atoms with Gasteiger partial charge in [-0.25, -0.2) is 0 Å². The molecule has 2 heteroatoms. The molecule has 0 aliphatic rings. The average molecular weight is 181 g/mol. The molecule has 1 heterocycles. The molecule has 0 aromatic carbocycles. The summed E-state index contributed by atoms with van der Waals surface area (Å²) in [6.45, 7) is 5.99. The van der Waals surface area contributed by atoms with Gasteiger partial charge in [0.1, 0.15) is 0 Å². The van der Waals surface area contributed by atoms with Gasteiger partial charge in [-0.1, -0.05) is 13.0 Å². The molecule has 0 saturated heterocycles. The van der Waals surface area contributed by atoms with Crippen molar-refractivity contribution in [3.05, 3.63) is 34.5 Å². The first kappa shape index (κ1) is 9.49. The largest absolute Gasteiger partial charge is 0.309 e. The Balaban J connectivity index is 2.90. The lowest BCUT2D eigenvalue weighted by molar-refractivity contribution is 0.721. The highest BCUT2D eigenvalue weighted by molar-refractivity contribution is 7.10. The normalized spacial score (nSPS) is 12.8. The quantitative estimate of drug-likeness (QED) is 0.704. The van der Waals surface area contributed by atoms with Crippen LogP contribution in [0.2, 0.25) is 0 Å². The molecule has 0 fully saturated rings. The van der Waals surface area contributed by atoms with Crippen LogP contribution >= 0.6 is 11.3 Å². The molecule has 1 aromatic heterocycles. The molecule has 12 heavy (non-hydrogen) atoms. The summed E-state index contributed by atoms with van der Waals surface area (Å²) in [6, 6.07) is 2.51. The predicted molar refractivity (Wildman–Crippen MR) is 55.7 cm³/mol. The lowest BCUT2D eigenvalue weighted by Crippen LogP contribution is -2.13. The zero-order valence-corrected chi connectivity index (χ0v) is 8.45. The van der Waals surface area contributed by atoms with Gasteiger partial charge in [-0.15, -0.1) is 17.9 Å². The van der Waals surface area contributed by atoms with Gasteiger partial charge in [0, 0.05) is 4.88 Å².